The number of amides is 1. The molecule has 0 spiro atoms. The second kappa shape index (κ2) is 6.76. The van der Waals surface area contributed by atoms with Crippen molar-refractivity contribution in [2.45, 2.75) is 24.9 Å². The summed E-state index contributed by atoms with van der Waals surface area (Å²) in [7, 11) is 0. The van der Waals surface area contributed by atoms with Crippen molar-refractivity contribution < 1.29 is 22.4 Å². The minimum absolute atomic E-state index is 0.0675. The van der Waals surface area contributed by atoms with Crippen molar-refractivity contribution in [3.05, 3.63) is 40.2 Å². The van der Waals surface area contributed by atoms with Crippen LogP contribution in [-0.2, 0) is 11.0 Å². The molecule has 1 aliphatic rings. The third-order valence-electron chi connectivity index (χ3n) is 3.70. The van der Waals surface area contributed by atoms with E-state index >= 15 is 0 Å². The Morgan fingerprint density at radius 2 is 2.25 bits per heavy atom. The van der Waals surface area contributed by atoms with Gasteiger partial charge < -0.3 is 9.32 Å². The monoisotopic (exact) mass is 357 g/mol. The van der Waals surface area contributed by atoms with Crippen molar-refractivity contribution in [3.8, 4) is 0 Å². The maximum absolute atomic E-state index is 12.5. The lowest BCUT2D eigenvalue weighted by atomic mass is 9.98. The van der Waals surface area contributed by atoms with E-state index in [0.29, 0.717) is 19.4 Å². The fraction of sp³-hybridized carbons (Fsp3) is 0.400. The topological polar surface area (TPSA) is 59.2 Å². The minimum Gasteiger partial charge on any atom is -0.417 e. The molecule has 3 rings (SSSR count). The number of halogens is 3. The second-order valence-corrected chi connectivity index (χ2v) is 6.39. The maximum Gasteiger partial charge on any atom is 0.470 e. The van der Waals surface area contributed by atoms with Gasteiger partial charge in [0, 0.05) is 24.0 Å². The molecule has 0 bridgehead atoms. The summed E-state index contributed by atoms with van der Waals surface area (Å²) in [4.78, 5) is 14.8. The van der Waals surface area contributed by atoms with E-state index in [1.165, 1.54) is 17.4 Å². The van der Waals surface area contributed by atoms with Gasteiger partial charge in [-0.1, -0.05) is 6.07 Å². The van der Waals surface area contributed by atoms with Gasteiger partial charge in [0.15, 0.2) is 0 Å². The number of carbonyl (C=O) groups is 1. The van der Waals surface area contributed by atoms with Gasteiger partial charge in [0.25, 0.3) is 0 Å². The molecular weight excluding hydrogens is 343 g/mol. The highest BCUT2D eigenvalue weighted by Crippen LogP contribution is 2.32. The Kier molecular flexibility index (Phi) is 4.70. The number of likely N-dealkylation sites (tertiary alicyclic amines) is 1. The molecule has 2 aromatic heterocycles. The smallest absolute Gasteiger partial charge is 0.417 e. The third-order valence-corrected chi connectivity index (χ3v) is 4.54. The van der Waals surface area contributed by atoms with Crippen LogP contribution in [0.2, 0.25) is 0 Å². The van der Waals surface area contributed by atoms with Crippen LogP contribution in [0.1, 0.15) is 35.4 Å². The molecule has 1 atom stereocenters. The van der Waals surface area contributed by atoms with E-state index in [1.807, 2.05) is 17.5 Å². The van der Waals surface area contributed by atoms with Crippen LogP contribution < -0.4 is 0 Å². The highest BCUT2D eigenvalue weighted by molar-refractivity contribution is 7.10. The molecule has 0 saturated carbocycles. The van der Waals surface area contributed by atoms with Crippen molar-refractivity contribution in [3.63, 3.8) is 0 Å². The van der Waals surface area contributed by atoms with E-state index in [2.05, 4.69) is 10.2 Å². The van der Waals surface area contributed by atoms with E-state index < -0.39 is 12.1 Å². The molecule has 1 unspecified atom stereocenters. The molecule has 5 nitrogen and oxygen atoms in total. The standard InChI is InChI=1S/C15H14F3N3O2S/c16-15(17,18)14-20-19-13(23-14)10-3-1-7-21(9-10)12(22)6-5-11-4-2-8-24-11/h2,4-6,8,10H,1,3,7,9H2/b6-5+. The number of alkyl halides is 3. The molecular formula is C15H14F3N3O2S. The summed E-state index contributed by atoms with van der Waals surface area (Å²) in [6, 6.07) is 3.78. The SMILES string of the molecule is O=C(/C=C/c1cccs1)N1CCCC(c2nnc(C(F)(F)F)o2)C1. The summed E-state index contributed by atoms with van der Waals surface area (Å²) >= 11 is 1.52. The van der Waals surface area contributed by atoms with E-state index in [-0.39, 0.29) is 24.3 Å². The summed E-state index contributed by atoms with van der Waals surface area (Å²) in [5.41, 5.74) is 0. The second-order valence-electron chi connectivity index (χ2n) is 5.42. The van der Waals surface area contributed by atoms with Crippen molar-refractivity contribution >= 4 is 23.3 Å². The molecule has 1 aliphatic heterocycles. The predicted octanol–water partition coefficient (Wildman–Crippen LogP) is 3.57. The normalized spacial score (nSPS) is 19.1. The molecule has 0 radical (unpaired) electrons. The lowest BCUT2D eigenvalue weighted by molar-refractivity contribution is -0.157. The maximum atomic E-state index is 12.5. The van der Waals surface area contributed by atoms with E-state index in [9.17, 15) is 18.0 Å². The average Bonchev–Trinajstić information content (AvgIpc) is 3.23. The number of nitrogens with zero attached hydrogens (tertiary/aromatic N) is 3. The van der Waals surface area contributed by atoms with Gasteiger partial charge in [0.05, 0.1) is 5.92 Å². The predicted molar refractivity (Wildman–Crippen MR) is 81.2 cm³/mol. The van der Waals surface area contributed by atoms with Crippen LogP contribution in [0, 0.1) is 0 Å². The lowest BCUT2D eigenvalue weighted by Crippen LogP contribution is -2.38. The Morgan fingerprint density at radius 1 is 1.42 bits per heavy atom. The summed E-state index contributed by atoms with van der Waals surface area (Å²) in [5.74, 6) is -1.97. The van der Waals surface area contributed by atoms with Crippen molar-refractivity contribution in [1.29, 1.82) is 0 Å². The van der Waals surface area contributed by atoms with Gasteiger partial charge in [-0.15, -0.1) is 21.5 Å². The van der Waals surface area contributed by atoms with E-state index in [0.717, 1.165) is 4.88 Å². The van der Waals surface area contributed by atoms with E-state index in [4.69, 9.17) is 4.42 Å². The molecule has 128 valence electrons. The Labute approximate surface area is 139 Å². The summed E-state index contributed by atoms with van der Waals surface area (Å²) in [6.07, 6.45) is -0.169. The zero-order chi connectivity index (χ0) is 17.2. The van der Waals surface area contributed by atoms with E-state index in [1.54, 1.807) is 11.0 Å². The number of piperidine rings is 1. The first kappa shape index (κ1) is 16.7. The number of hydrogen-bond donors (Lipinski definition) is 0. The van der Waals surface area contributed by atoms with Gasteiger partial charge in [0.1, 0.15) is 0 Å². The average molecular weight is 357 g/mol. The number of carbonyl (C=O) groups excluding carboxylic acids is 1. The molecule has 0 aliphatic carbocycles. The van der Waals surface area contributed by atoms with Crippen LogP contribution in [0.5, 0.6) is 0 Å². The van der Waals surface area contributed by atoms with Crippen molar-refractivity contribution in [1.82, 2.24) is 15.1 Å². The molecule has 9 heteroatoms. The van der Waals surface area contributed by atoms with Crippen LogP contribution in [0.3, 0.4) is 0 Å². The number of hydrogen-bond acceptors (Lipinski definition) is 5. The van der Waals surface area contributed by atoms with Crippen LogP contribution >= 0.6 is 11.3 Å². The summed E-state index contributed by atoms with van der Waals surface area (Å²) in [6.45, 7) is 0.831. The Bertz CT molecular complexity index is 725. The van der Waals surface area contributed by atoms with Gasteiger partial charge in [0.2, 0.25) is 11.8 Å². The Morgan fingerprint density at radius 3 is 2.92 bits per heavy atom. The van der Waals surface area contributed by atoms with Crippen molar-refractivity contribution in [2.24, 2.45) is 0 Å². The van der Waals surface area contributed by atoms with Gasteiger partial charge in [-0.25, -0.2) is 0 Å². The highest BCUT2D eigenvalue weighted by Gasteiger charge is 2.39. The fourth-order valence-corrected chi connectivity index (χ4v) is 3.16. The number of rotatable bonds is 3. The Balaban J connectivity index is 1.66. The zero-order valence-corrected chi connectivity index (χ0v) is 13.3. The molecule has 1 fully saturated rings. The van der Waals surface area contributed by atoms with Crippen LogP contribution in [-0.4, -0.2) is 34.1 Å². The summed E-state index contributed by atoms with van der Waals surface area (Å²) in [5, 5.41) is 8.45. The van der Waals surface area contributed by atoms with Gasteiger partial charge in [-0.05, 0) is 30.4 Å². The highest BCUT2D eigenvalue weighted by atomic mass is 32.1. The Hall–Kier alpha value is -2.16. The molecule has 24 heavy (non-hydrogen) atoms. The number of aromatic nitrogens is 2. The molecule has 1 amide bonds. The van der Waals surface area contributed by atoms with Crippen molar-refractivity contribution in [2.75, 3.05) is 13.1 Å². The van der Waals surface area contributed by atoms with Crippen LogP contribution in [0.15, 0.2) is 28.0 Å². The molecule has 0 aromatic carbocycles. The molecule has 0 N–H and O–H groups in total. The van der Waals surface area contributed by atoms with Crippen LogP contribution in [0.25, 0.3) is 6.08 Å². The van der Waals surface area contributed by atoms with Crippen LogP contribution in [0.4, 0.5) is 13.2 Å². The minimum atomic E-state index is -4.65. The van der Waals surface area contributed by atoms with Gasteiger partial charge in [-0.3, -0.25) is 4.79 Å². The lowest BCUT2D eigenvalue weighted by Gasteiger charge is -2.30. The molecule has 3 heterocycles. The molecule has 2 aromatic rings. The quantitative estimate of drug-likeness (QED) is 0.788. The number of thiophene rings is 1. The first-order valence-corrected chi connectivity index (χ1v) is 8.22. The zero-order valence-electron chi connectivity index (χ0n) is 12.5. The first-order chi connectivity index (χ1) is 11.4. The first-order valence-electron chi connectivity index (χ1n) is 7.34. The fourth-order valence-electron chi connectivity index (χ4n) is 2.54. The largest absolute Gasteiger partial charge is 0.470 e. The van der Waals surface area contributed by atoms with Gasteiger partial charge >= 0.3 is 12.1 Å². The summed E-state index contributed by atoms with van der Waals surface area (Å²) < 4.78 is 42.4. The third kappa shape index (κ3) is 3.84. The molecule has 1 saturated heterocycles. The van der Waals surface area contributed by atoms with Gasteiger partial charge in [-0.2, -0.15) is 13.2 Å².